The van der Waals surface area contributed by atoms with Gasteiger partial charge in [0.15, 0.2) is 0 Å². The van der Waals surface area contributed by atoms with E-state index in [2.05, 4.69) is 19.2 Å². The summed E-state index contributed by atoms with van der Waals surface area (Å²) in [5, 5.41) is 4.57. The number of hydrogen-bond acceptors (Lipinski definition) is 2. The Bertz CT molecular complexity index is 358. The van der Waals surface area contributed by atoms with Crippen LogP contribution < -0.4 is 10.1 Å². The molecule has 0 saturated carbocycles. The van der Waals surface area contributed by atoms with E-state index in [1.165, 1.54) is 6.42 Å². The second-order valence-corrected chi connectivity index (χ2v) is 5.24. The van der Waals surface area contributed by atoms with Crippen molar-refractivity contribution in [1.82, 2.24) is 5.32 Å². The van der Waals surface area contributed by atoms with Crippen LogP contribution in [0.3, 0.4) is 0 Å². The van der Waals surface area contributed by atoms with Crippen LogP contribution in [0.4, 0.5) is 0 Å². The maximum absolute atomic E-state index is 6.05. The van der Waals surface area contributed by atoms with E-state index in [-0.39, 0.29) is 6.10 Å². The van der Waals surface area contributed by atoms with Crippen LogP contribution in [-0.2, 0) is 0 Å². The maximum Gasteiger partial charge on any atom is 0.138 e. The molecular weight excluding hydrogens is 269 g/mol. The molecule has 2 nitrogen and oxygen atoms in total. The van der Waals surface area contributed by atoms with Crippen LogP contribution in [0.15, 0.2) is 18.2 Å². The van der Waals surface area contributed by atoms with E-state index >= 15 is 0 Å². The van der Waals surface area contributed by atoms with Crippen molar-refractivity contribution >= 4 is 23.2 Å². The van der Waals surface area contributed by atoms with E-state index in [1.807, 2.05) is 6.07 Å². The van der Waals surface area contributed by atoms with Gasteiger partial charge in [-0.15, -0.1) is 0 Å². The predicted octanol–water partition coefficient (Wildman–Crippen LogP) is 4.54. The van der Waals surface area contributed by atoms with Gasteiger partial charge < -0.3 is 10.1 Å². The first-order chi connectivity index (χ1) is 8.63. The molecule has 0 aromatic heterocycles. The summed E-state index contributed by atoms with van der Waals surface area (Å²) >= 11 is 11.9. The topological polar surface area (TPSA) is 21.3 Å². The Hall–Kier alpha value is -0.440. The van der Waals surface area contributed by atoms with Gasteiger partial charge in [-0.1, -0.05) is 30.1 Å². The third-order valence-corrected chi connectivity index (χ3v) is 3.14. The second-order valence-electron chi connectivity index (χ2n) is 4.40. The Kier molecular flexibility index (Phi) is 7.48. The van der Waals surface area contributed by atoms with Gasteiger partial charge in [-0.25, -0.2) is 0 Å². The number of ether oxygens (including phenoxy) is 1. The highest BCUT2D eigenvalue weighted by Gasteiger charge is 2.07. The predicted molar refractivity (Wildman–Crippen MR) is 78.9 cm³/mol. The molecule has 0 spiro atoms. The zero-order chi connectivity index (χ0) is 13.4. The van der Waals surface area contributed by atoms with Gasteiger partial charge in [-0.05, 0) is 57.5 Å². The summed E-state index contributed by atoms with van der Waals surface area (Å²) < 4.78 is 5.79. The number of hydrogen-bond donors (Lipinski definition) is 1. The highest BCUT2D eigenvalue weighted by Crippen LogP contribution is 2.28. The minimum atomic E-state index is 0.159. The lowest BCUT2D eigenvalue weighted by molar-refractivity contribution is 0.207. The van der Waals surface area contributed by atoms with E-state index in [1.54, 1.807) is 12.1 Å². The van der Waals surface area contributed by atoms with Gasteiger partial charge in [0.05, 0.1) is 11.1 Å². The molecule has 1 aromatic rings. The molecule has 0 amide bonds. The molecule has 0 aliphatic rings. The van der Waals surface area contributed by atoms with Crippen molar-refractivity contribution < 1.29 is 4.74 Å². The Morgan fingerprint density at radius 3 is 2.72 bits per heavy atom. The number of rotatable bonds is 8. The van der Waals surface area contributed by atoms with Crippen molar-refractivity contribution in [3.05, 3.63) is 28.2 Å². The Balaban J connectivity index is 2.28. The molecule has 1 atom stereocenters. The minimum Gasteiger partial charge on any atom is -0.489 e. The number of nitrogens with one attached hydrogen (secondary N) is 1. The van der Waals surface area contributed by atoms with Crippen molar-refractivity contribution in [1.29, 1.82) is 0 Å². The molecule has 1 N–H and O–H groups in total. The lowest BCUT2D eigenvalue weighted by atomic mass is 10.2. The zero-order valence-electron chi connectivity index (χ0n) is 11.0. The first kappa shape index (κ1) is 15.6. The highest BCUT2D eigenvalue weighted by atomic mass is 35.5. The van der Waals surface area contributed by atoms with E-state index in [9.17, 15) is 0 Å². The van der Waals surface area contributed by atoms with E-state index in [4.69, 9.17) is 27.9 Å². The van der Waals surface area contributed by atoms with Crippen LogP contribution in [0.5, 0.6) is 5.75 Å². The summed E-state index contributed by atoms with van der Waals surface area (Å²) in [6.07, 6.45) is 3.45. The molecule has 0 heterocycles. The molecule has 4 heteroatoms. The molecule has 0 aliphatic heterocycles. The van der Waals surface area contributed by atoms with E-state index in [0.29, 0.717) is 15.8 Å². The highest BCUT2D eigenvalue weighted by molar-refractivity contribution is 6.35. The smallest absolute Gasteiger partial charge is 0.138 e. The minimum absolute atomic E-state index is 0.159. The molecule has 0 radical (unpaired) electrons. The van der Waals surface area contributed by atoms with Gasteiger partial charge >= 0.3 is 0 Å². The molecule has 1 unspecified atom stereocenters. The van der Waals surface area contributed by atoms with Crippen LogP contribution in [0.25, 0.3) is 0 Å². The van der Waals surface area contributed by atoms with Gasteiger partial charge in [0, 0.05) is 5.02 Å². The van der Waals surface area contributed by atoms with Gasteiger partial charge in [-0.3, -0.25) is 0 Å². The molecule has 0 bridgehead atoms. The average Bonchev–Trinajstić information content (AvgIpc) is 2.32. The molecule has 0 fully saturated rings. The van der Waals surface area contributed by atoms with Gasteiger partial charge in [0.1, 0.15) is 5.75 Å². The first-order valence-electron chi connectivity index (χ1n) is 6.46. The largest absolute Gasteiger partial charge is 0.489 e. The van der Waals surface area contributed by atoms with Crippen molar-refractivity contribution in [3.63, 3.8) is 0 Å². The monoisotopic (exact) mass is 289 g/mol. The van der Waals surface area contributed by atoms with Crippen molar-refractivity contribution in [2.45, 2.75) is 39.2 Å². The standard InChI is InChI=1S/C14H21Cl2NO/c1-3-8-17-9-4-5-11(2)18-14-7-6-12(15)10-13(14)16/h6-7,10-11,17H,3-5,8-9H2,1-2H3. The maximum atomic E-state index is 6.05. The van der Waals surface area contributed by atoms with Crippen molar-refractivity contribution in [2.75, 3.05) is 13.1 Å². The van der Waals surface area contributed by atoms with Crippen LogP contribution in [0.1, 0.15) is 33.1 Å². The quantitative estimate of drug-likeness (QED) is 0.710. The van der Waals surface area contributed by atoms with Gasteiger partial charge in [0.2, 0.25) is 0 Å². The van der Waals surface area contributed by atoms with Crippen LogP contribution in [0, 0.1) is 0 Å². The summed E-state index contributed by atoms with van der Waals surface area (Å²) in [6, 6.07) is 5.31. The fraction of sp³-hybridized carbons (Fsp3) is 0.571. The molecule has 102 valence electrons. The molecule has 1 rings (SSSR count). The number of benzene rings is 1. The Morgan fingerprint density at radius 1 is 1.28 bits per heavy atom. The van der Waals surface area contributed by atoms with Gasteiger partial charge in [0.25, 0.3) is 0 Å². The summed E-state index contributed by atoms with van der Waals surface area (Å²) in [7, 11) is 0. The van der Waals surface area contributed by atoms with Crippen LogP contribution >= 0.6 is 23.2 Å². The second kappa shape index (κ2) is 8.63. The van der Waals surface area contributed by atoms with Crippen LogP contribution in [-0.4, -0.2) is 19.2 Å². The Labute approximate surface area is 120 Å². The van der Waals surface area contributed by atoms with Crippen molar-refractivity contribution in [2.24, 2.45) is 0 Å². The first-order valence-corrected chi connectivity index (χ1v) is 7.21. The third kappa shape index (κ3) is 5.94. The lowest BCUT2D eigenvalue weighted by Crippen LogP contribution is -2.19. The molecular formula is C14H21Cl2NO. The molecule has 0 saturated heterocycles. The van der Waals surface area contributed by atoms with Crippen molar-refractivity contribution in [3.8, 4) is 5.75 Å². The zero-order valence-corrected chi connectivity index (χ0v) is 12.5. The fourth-order valence-corrected chi connectivity index (χ4v) is 2.12. The summed E-state index contributed by atoms with van der Waals surface area (Å²) in [6.45, 7) is 6.35. The lowest BCUT2D eigenvalue weighted by Gasteiger charge is -2.16. The van der Waals surface area contributed by atoms with Crippen LogP contribution in [0.2, 0.25) is 10.0 Å². The Morgan fingerprint density at radius 2 is 2.06 bits per heavy atom. The number of halogens is 2. The average molecular weight is 290 g/mol. The van der Waals surface area contributed by atoms with Gasteiger partial charge in [-0.2, -0.15) is 0 Å². The fourth-order valence-electron chi connectivity index (χ4n) is 1.66. The normalized spacial score (nSPS) is 12.4. The summed E-state index contributed by atoms with van der Waals surface area (Å²) in [4.78, 5) is 0. The van der Waals surface area contributed by atoms with E-state index in [0.717, 1.165) is 25.9 Å². The molecule has 18 heavy (non-hydrogen) atoms. The summed E-state index contributed by atoms with van der Waals surface area (Å²) in [5.74, 6) is 0.704. The van der Waals surface area contributed by atoms with E-state index < -0.39 is 0 Å². The third-order valence-electron chi connectivity index (χ3n) is 2.61. The molecule has 1 aromatic carbocycles. The SMILES string of the molecule is CCCNCCCC(C)Oc1ccc(Cl)cc1Cl. The molecule has 0 aliphatic carbocycles. The summed E-state index contributed by atoms with van der Waals surface area (Å²) in [5.41, 5.74) is 0.